The van der Waals surface area contributed by atoms with E-state index in [2.05, 4.69) is 5.32 Å². The molecule has 0 radical (unpaired) electrons. The number of aryl methyl sites for hydroxylation is 1. The molecule has 0 spiro atoms. The minimum absolute atomic E-state index is 0.0200. The monoisotopic (exact) mass is 345 g/mol. The summed E-state index contributed by atoms with van der Waals surface area (Å²) in [4.78, 5) is 24.4. The molecule has 0 bridgehead atoms. The van der Waals surface area contributed by atoms with Crippen molar-refractivity contribution in [2.75, 3.05) is 6.54 Å². The summed E-state index contributed by atoms with van der Waals surface area (Å²) in [5.74, 6) is -0.342. The average molecular weight is 345 g/mol. The first kappa shape index (κ1) is 17.2. The molecule has 0 aromatic heterocycles. The fourth-order valence-electron chi connectivity index (χ4n) is 3.96. The fraction of sp³-hybridized carbons (Fsp3) is 0.474. The van der Waals surface area contributed by atoms with Gasteiger partial charge in [0.15, 0.2) is 5.78 Å². The zero-order chi connectivity index (χ0) is 17.5. The highest BCUT2D eigenvalue weighted by Crippen LogP contribution is 2.46. The lowest BCUT2D eigenvalue weighted by Crippen LogP contribution is -2.53. The van der Waals surface area contributed by atoms with E-state index in [1.807, 2.05) is 45.0 Å². The van der Waals surface area contributed by atoms with E-state index in [9.17, 15) is 13.8 Å². The van der Waals surface area contributed by atoms with Gasteiger partial charge in [-0.05, 0) is 37.6 Å². The third kappa shape index (κ3) is 2.60. The van der Waals surface area contributed by atoms with Gasteiger partial charge in [-0.2, -0.15) is 0 Å². The van der Waals surface area contributed by atoms with Crippen LogP contribution in [0.25, 0.3) is 0 Å². The van der Waals surface area contributed by atoms with Crippen LogP contribution in [0.15, 0.2) is 40.8 Å². The number of fused-ring (bicyclic) bond motifs is 1. The highest BCUT2D eigenvalue weighted by molar-refractivity contribution is 7.86. The Morgan fingerprint density at radius 3 is 2.58 bits per heavy atom. The largest absolute Gasteiger partial charge is 0.299 e. The molecule has 4 nitrogen and oxygen atoms in total. The van der Waals surface area contributed by atoms with Gasteiger partial charge in [-0.15, -0.1) is 0 Å². The average Bonchev–Trinajstić information content (AvgIpc) is 2.95. The van der Waals surface area contributed by atoms with Gasteiger partial charge in [0.25, 0.3) is 0 Å². The number of rotatable bonds is 4. The van der Waals surface area contributed by atoms with E-state index in [-0.39, 0.29) is 29.8 Å². The van der Waals surface area contributed by atoms with Crippen LogP contribution in [-0.4, -0.2) is 27.2 Å². The summed E-state index contributed by atoms with van der Waals surface area (Å²) in [6.45, 7) is 6.16. The summed E-state index contributed by atoms with van der Waals surface area (Å²) in [5, 5.41) is 3.38. The molecule has 1 N–H and O–H groups in total. The fourth-order valence-corrected chi connectivity index (χ4v) is 5.80. The van der Waals surface area contributed by atoms with E-state index in [1.54, 1.807) is 6.08 Å². The SMILES string of the molecule is CCC(=O)[C@@H]1CN[C@@]2(S(=O)c3ccc(C)cc3)C(C)=CC(=O)C[C@@H]12. The number of hydrogen-bond donors (Lipinski definition) is 1. The maximum Gasteiger partial charge on any atom is 0.156 e. The van der Waals surface area contributed by atoms with Gasteiger partial charge in [0, 0.05) is 36.1 Å². The molecule has 1 aromatic carbocycles. The van der Waals surface area contributed by atoms with Crippen molar-refractivity contribution in [1.82, 2.24) is 5.32 Å². The Kier molecular flexibility index (Phi) is 4.58. The zero-order valence-corrected chi connectivity index (χ0v) is 15.1. The van der Waals surface area contributed by atoms with Crippen molar-refractivity contribution in [2.24, 2.45) is 11.8 Å². The number of Topliss-reactive ketones (excluding diaryl/α,β-unsaturated/α-hetero) is 1. The molecule has 3 rings (SSSR count). The smallest absolute Gasteiger partial charge is 0.156 e. The molecule has 0 amide bonds. The molecule has 2 aliphatic rings. The Labute approximate surface area is 145 Å². The highest BCUT2D eigenvalue weighted by Gasteiger charge is 2.57. The molecule has 1 saturated heterocycles. The Morgan fingerprint density at radius 2 is 1.96 bits per heavy atom. The van der Waals surface area contributed by atoms with E-state index in [0.29, 0.717) is 13.0 Å². The second-order valence-corrected chi connectivity index (χ2v) is 8.38. The van der Waals surface area contributed by atoms with Crippen LogP contribution in [0.2, 0.25) is 0 Å². The molecule has 1 heterocycles. The Balaban J connectivity index is 2.08. The van der Waals surface area contributed by atoms with Gasteiger partial charge in [-0.25, -0.2) is 0 Å². The Hall–Kier alpha value is -1.59. The molecule has 1 aliphatic carbocycles. The predicted octanol–water partition coefficient (Wildman–Crippen LogP) is 2.53. The van der Waals surface area contributed by atoms with Gasteiger partial charge in [0.1, 0.15) is 10.7 Å². The second-order valence-electron chi connectivity index (χ2n) is 6.73. The first-order valence-electron chi connectivity index (χ1n) is 8.38. The summed E-state index contributed by atoms with van der Waals surface area (Å²) in [6, 6.07) is 7.63. The molecule has 4 atom stereocenters. The first-order chi connectivity index (χ1) is 11.4. The van der Waals surface area contributed by atoms with E-state index in [4.69, 9.17) is 0 Å². The number of ketones is 2. The standard InChI is InChI=1S/C19H23NO3S/c1-4-18(22)16-11-20-19(13(3)9-14(21)10-17(16)19)24(23)15-7-5-12(2)6-8-15/h5-9,16-17,20H,4,10-11H2,1-3H3/t16-,17+,19-,24?/m1/s1. The topological polar surface area (TPSA) is 63.2 Å². The van der Waals surface area contributed by atoms with Gasteiger partial charge in [-0.1, -0.05) is 24.6 Å². The summed E-state index contributed by atoms with van der Waals surface area (Å²) < 4.78 is 13.5. The maximum atomic E-state index is 13.5. The van der Waals surface area contributed by atoms with Crippen LogP contribution in [-0.2, 0) is 20.4 Å². The molecule has 1 fully saturated rings. The molecule has 5 heteroatoms. The van der Waals surface area contributed by atoms with Gasteiger partial charge in [0.2, 0.25) is 0 Å². The van der Waals surface area contributed by atoms with Crippen LogP contribution in [0.1, 0.15) is 32.3 Å². The number of allylic oxidation sites excluding steroid dienone is 1. The van der Waals surface area contributed by atoms with Crippen molar-refractivity contribution in [3.05, 3.63) is 41.5 Å². The molecule has 1 aliphatic heterocycles. The third-order valence-corrected chi connectivity index (χ3v) is 7.32. The summed E-state index contributed by atoms with van der Waals surface area (Å²) in [7, 11) is -1.37. The van der Waals surface area contributed by atoms with Gasteiger partial charge >= 0.3 is 0 Å². The number of nitrogens with one attached hydrogen (secondary N) is 1. The first-order valence-corrected chi connectivity index (χ1v) is 9.53. The lowest BCUT2D eigenvalue weighted by molar-refractivity contribution is -0.124. The van der Waals surface area contributed by atoms with Crippen LogP contribution in [0, 0.1) is 18.8 Å². The summed E-state index contributed by atoms with van der Waals surface area (Å²) in [6.07, 6.45) is 2.31. The van der Waals surface area contributed by atoms with Gasteiger partial charge in [-0.3, -0.25) is 19.1 Å². The number of carbonyl (C=O) groups is 2. The third-order valence-electron chi connectivity index (χ3n) is 5.27. The second kappa shape index (κ2) is 6.37. The van der Waals surface area contributed by atoms with Crippen LogP contribution in [0.5, 0.6) is 0 Å². The van der Waals surface area contributed by atoms with Crippen molar-refractivity contribution in [3.63, 3.8) is 0 Å². The normalized spacial score (nSPS) is 30.6. The summed E-state index contributed by atoms with van der Waals surface area (Å²) >= 11 is 0. The van der Waals surface area contributed by atoms with Crippen LogP contribution >= 0.6 is 0 Å². The maximum absolute atomic E-state index is 13.5. The van der Waals surface area contributed by atoms with E-state index in [1.165, 1.54) is 0 Å². The number of hydrogen-bond acceptors (Lipinski definition) is 4. The van der Waals surface area contributed by atoms with Crippen molar-refractivity contribution in [3.8, 4) is 0 Å². The predicted molar refractivity (Wildman–Crippen MR) is 94.0 cm³/mol. The molecule has 1 aromatic rings. The van der Waals surface area contributed by atoms with Crippen molar-refractivity contribution in [2.45, 2.75) is 43.4 Å². The van der Waals surface area contributed by atoms with Crippen molar-refractivity contribution >= 4 is 22.4 Å². The molecule has 128 valence electrons. The molecule has 1 unspecified atom stereocenters. The number of benzene rings is 1. The zero-order valence-electron chi connectivity index (χ0n) is 14.3. The van der Waals surface area contributed by atoms with Crippen LogP contribution < -0.4 is 5.32 Å². The quantitative estimate of drug-likeness (QED) is 0.911. The van der Waals surface area contributed by atoms with Gasteiger partial charge < -0.3 is 0 Å². The van der Waals surface area contributed by atoms with Crippen LogP contribution in [0.3, 0.4) is 0 Å². The summed E-state index contributed by atoms with van der Waals surface area (Å²) in [5.41, 5.74) is 1.88. The minimum Gasteiger partial charge on any atom is -0.299 e. The van der Waals surface area contributed by atoms with Crippen molar-refractivity contribution < 1.29 is 13.8 Å². The number of carbonyl (C=O) groups excluding carboxylic acids is 2. The lowest BCUT2D eigenvalue weighted by atomic mass is 9.77. The van der Waals surface area contributed by atoms with E-state index < -0.39 is 15.7 Å². The van der Waals surface area contributed by atoms with Crippen molar-refractivity contribution in [1.29, 1.82) is 0 Å². The Bertz CT molecular complexity index is 737. The van der Waals surface area contributed by atoms with Gasteiger partial charge in [0.05, 0.1) is 10.8 Å². The molecular formula is C19H23NO3S. The minimum atomic E-state index is -1.37. The Morgan fingerprint density at radius 1 is 1.29 bits per heavy atom. The van der Waals surface area contributed by atoms with E-state index in [0.717, 1.165) is 16.0 Å². The highest BCUT2D eigenvalue weighted by atomic mass is 32.2. The molecule has 0 saturated carbocycles. The lowest BCUT2D eigenvalue weighted by Gasteiger charge is -2.39. The van der Waals surface area contributed by atoms with E-state index >= 15 is 0 Å². The molecular weight excluding hydrogens is 322 g/mol. The molecule has 24 heavy (non-hydrogen) atoms. The van der Waals surface area contributed by atoms with Crippen LogP contribution in [0.4, 0.5) is 0 Å².